The second-order valence-electron chi connectivity index (χ2n) is 5.60. The van der Waals surface area contributed by atoms with E-state index >= 15 is 0 Å². The third kappa shape index (κ3) is 3.33. The van der Waals surface area contributed by atoms with E-state index in [2.05, 4.69) is 0 Å². The number of methoxy groups -OCH3 is 1. The predicted molar refractivity (Wildman–Crippen MR) is 89.3 cm³/mol. The Morgan fingerprint density at radius 1 is 1.16 bits per heavy atom. The summed E-state index contributed by atoms with van der Waals surface area (Å²) in [6.45, 7) is 0. The van der Waals surface area contributed by atoms with Crippen LogP contribution >= 0.6 is 0 Å². The lowest BCUT2D eigenvalue weighted by atomic mass is 9.90. The fourth-order valence-electron chi connectivity index (χ4n) is 2.86. The van der Waals surface area contributed by atoms with Gasteiger partial charge in [-0.1, -0.05) is 18.2 Å². The monoisotopic (exact) mass is 340 g/mol. The summed E-state index contributed by atoms with van der Waals surface area (Å²) in [5.41, 5.74) is 2.01. The molecule has 0 saturated heterocycles. The number of phenols is 1. The first-order chi connectivity index (χ1) is 12.0. The van der Waals surface area contributed by atoms with E-state index < -0.39 is 24.0 Å². The Bertz CT molecular complexity index is 837. The minimum atomic E-state index is -1.05. The Balaban J connectivity index is 2.01. The largest absolute Gasteiger partial charge is 0.508 e. The van der Waals surface area contributed by atoms with Crippen LogP contribution in [0.5, 0.6) is 11.5 Å². The van der Waals surface area contributed by atoms with E-state index in [0.29, 0.717) is 16.9 Å². The Hall–Kier alpha value is -3.28. The van der Waals surface area contributed by atoms with Crippen molar-refractivity contribution in [2.45, 2.75) is 12.0 Å². The van der Waals surface area contributed by atoms with Crippen LogP contribution in [0.25, 0.3) is 6.08 Å². The standard InChI is InChI=1S/C19H16O6/c1-24-19(23)17-14-10-11(3-9-16(21)22)2-8-15(14)25-18(17)12-4-6-13(20)7-5-12/h2-10,17-18,20H,1H3,(H,21,22)/t17-,18+/m0/s1. The number of aliphatic carboxylic acids is 1. The van der Waals surface area contributed by atoms with Crippen molar-refractivity contribution in [3.8, 4) is 11.5 Å². The Labute approximate surface area is 143 Å². The molecule has 0 spiro atoms. The highest BCUT2D eigenvalue weighted by Crippen LogP contribution is 2.47. The van der Waals surface area contributed by atoms with E-state index in [1.807, 2.05) is 0 Å². The molecule has 2 atom stereocenters. The van der Waals surface area contributed by atoms with Crippen LogP contribution in [0.1, 0.15) is 28.7 Å². The zero-order valence-corrected chi connectivity index (χ0v) is 13.4. The third-order valence-electron chi connectivity index (χ3n) is 4.02. The molecule has 0 saturated carbocycles. The van der Waals surface area contributed by atoms with Crippen molar-refractivity contribution in [2.75, 3.05) is 7.11 Å². The molecule has 0 aromatic heterocycles. The van der Waals surface area contributed by atoms with Gasteiger partial charge in [-0.3, -0.25) is 4.79 Å². The van der Waals surface area contributed by atoms with Gasteiger partial charge in [-0.25, -0.2) is 4.79 Å². The summed E-state index contributed by atoms with van der Waals surface area (Å²) in [5.74, 6) is -1.52. The van der Waals surface area contributed by atoms with Gasteiger partial charge in [0.05, 0.1) is 7.11 Å². The molecule has 3 rings (SSSR count). The van der Waals surface area contributed by atoms with Crippen LogP contribution in [0.15, 0.2) is 48.5 Å². The topological polar surface area (TPSA) is 93.1 Å². The van der Waals surface area contributed by atoms with Crippen LogP contribution in [0.3, 0.4) is 0 Å². The SMILES string of the molecule is COC(=O)[C@H]1c2cc(C=CC(=O)O)ccc2O[C@@H]1c1ccc(O)cc1. The van der Waals surface area contributed by atoms with Crippen LogP contribution in [0.4, 0.5) is 0 Å². The van der Waals surface area contributed by atoms with Crippen molar-refractivity contribution in [3.63, 3.8) is 0 Å². The van der Waals surface area contributed by atoms with Gasteiger partial charge in [0.2, 0.25) is 0 Å². The first kappa shape index (κ1) is 16.6. The number of esters is 1. The number of aromatic hydroxyl groups is 1. The summed E-state index contributed by atoms with van der Waals surface area (Å²) in [6.07, 6.45) is 1.90. The van der Waals surface area contributed by atoms with Crippen LogP contribution in [0, 0.1) is 0 Å². The summed E-state index contributed by atoms with van der Waals surface area (Å²) in [6, 6.07) is 11.6. The Morgan fingerprint density at radius 3 is 2.52 bits per heavy atom. The number of carbonyl (C=O) groups excluding carboxylic acids is 1. The van der Waals surface area contributed by atoms with Crippen molar-refractivity contribution >= 4 is 18.0 Å². The molecule has 0 unspecified atom stereocenters. The number of phenolic OH excluding ortho intramolecular Hbond substituents is 1. The zero-order valence-electron chi connectivity index (χ0n) is 13.4. The molecule has 0 fully saturated rings. The summed E-state index contributed by atoms with van der Waals surface area (Å²) >= 11 is 0. The molecule has 0 amide bonds. The molecule has 2 aromatic carbocycles. The number of hydrogen-bond acceptors (Lipinski definition) is 5. The Kier molecular flexibility index (Phi) is 4.43. The number of hydrogen-bond donors (Lipinski definition) is 2. The maximum atomic E-state index is 12.3. The number of ether oxygens (including phenoxy) is 2. The molecule has 1 aliphatic rings. The normalized spacial score (nSPS) is 18.6. The molecular formula is C19H16O6. The second-order valence-corrected chi connectivity index (χ2v) is 5.60. The molecule has 2 aromatic rings. The summed E-state index contributed by atoms with van der Waals surface area (Å²) in [5, 5.41) is 18.2. The van der Waals surface area contributed by atoms with E-state index in [0.717, 1.165) is 11.6 Å². The molecule has 25 heavy (non-hydrogen) atoms. The van der Waals surface area contributed by atoms with Gasteiger partial charge in [0.15, 0.2) is 0 Å². The summed E-state index contributed by atoms with van der Waals surface area (Å²) < 4.78 is 10.9. The molecule has 2 N–H and O–H groups in total. The Morgan fingerprint density at radius 2 is 1.88 bits per heavy atom. The first-order valence-corrected chi connectivity index (χ1v) is 7.58. The molecule has 0 radical (unpaired) electrons. The van der Waals surface area contributed by atoms with Crippen molar-refractivity contribution in [1.82, 2.24) is 0 Å². The van der Waals surface area contributed by atoms with Crippen LogP contribution in [-0.2, 0) is 14.3 Å². The van der Waals surface area contributed by atoms with Gasteiger partial charge >= 0.3 is 11.9 Å². The number of rotatable bonds is 4. The maximum Gasteiger partial charge on any atom is 0.328 e. The predicted octanol–water partition coefficient (Wildman–Crippen LogP) is 2.88. The van der Waals surface area contributed by atoms with E-state index in [9.17, 15) is 14.7 Å². The highest BCUT2D eigenvalue weighted by molar-refractivity contribution is 5.86. The minimum absolute atomic E-state index is 0.120. The number of carboxylic acids is 1. The average molecular weight is 340 g/mol. The van der Waals surface area contributed by atoms with Gasteiger partial charge < -0.3 is 19.7 Å². The van der Waals surface area contributed by atoms with Gasteiger partial charge in [0.1, 0.15) is 23.5 Å². The van der Waals surface area contributed by atoms with E-state index in [4.69, 9.17) is 14.6 Å². The second kappa shape index (κ2) is 6.68. The van der Waals surface area contributed by atoms with E-state index in [1.54, 1.807) is 30.3 Å². The lowest BCUT2D eigenvalue weighted by Gasteiger charge is -2.17. The van der Waals surface area contributed by atoms with Crippen LogP contribution in [-0.4, -0.2) is 29.3 Å². The highest BCUT2D eigenvalue weighted by Gasteiger charge is 2.41. The van der Waals surface area contributed by atoms with Gasteiger partial charge in [-0.2, -0.15) is 0 Å². The third-order valence-corrected chi connectivity index (χ3v) is 4.02. The molecule has 128 valence electrons. The van der Waals surface area contributed by atoms with Crippen LogP contribution < -0.4 is 4.74 Å². The number of carboxylic acid groups (broad SMARTS) is 1. The fourth-order valence-corrected chi connectivity index (χ4v) is 2.86. The maximum absolute atomic E-state index is 12.3. The quantitative estimate of drug-likeness (QED) is 0.657. The highest BCUT2D eigenvalue weighted by atomic mass is 16.5. The smallest absolute Gasteiger partial charge is 0.328 e. The summed E-state index contributed by atoms with van der Waals surface area (Å²) in [7, 11) is 1.31. The average Bonchev–Trinajstić information content (AvgIpc) is 2.98. The lowest BCUT2D eigenvalue weighted by Crippen LogP contribution is -2.20. The fraction of sp³-hybridized carbons (Fsp3) is 0.158. The van der Waals surface area contributed by atoms with Crippen molar-refractivity contribution < 1.29 is 29.3 Å². The minimum Gasteiger partial charge on any atom is -0.508 e. The van der Waals surface area contributed by atoms with E-state index in [1.165, 1.54) is 25.3 Å². The molecule has 0 aliphatic carbocycles. The van der Waals surface area contributed by atoms with Crippen molar-refractivity contribution in [3.05, 3.63) is 65.2 Å². The van der Waals surface area contributed by atoms with Crippen molar-refractivity contribution in [2.24, 2.45) is 0 Å². The summed E-state index contributed by atoms with van der Waals surface area (Å²) in [4.78, 5) is 23.0. The molecule has 6 heteroatoms. The van der Waals surface area contributed by atoms with Crippen LogP contribution in [0.2, 0.25) is 0 Å². The zero-order chi connectivity index (χ0) is 18.0. The van der Waals surface area contributed by atoms with E-state index in [-0.39, 0.29) is 5.75 Å². The molecule has 0 bridgehead atoms. The number of benzene rings is 2. The first-order valence-electron chi connectivity index (χ1n) is 7.58. The van der Waals surface area contributed by atoms with Crippen molar-refractivity contribution in [1.29, 1.82) is 0 Å². The van der Waals surface area contributed by atoms with Gasteiger partial charge in [-0.05, 0) is 41.5 Å². The molecule has 6 nitrogen and oxygen atoms in total. The lowest BCUT2D eigenvalue weighted by molar-refractivity contribution is -0.144. The number of fused-ring (bicyclic) bond motifs is 1. The molecular weight excluding hydrogens is 324 g/mol. The van der Waals surface area contributed by atoms with Gasteiger partial charge in [0, 0.05) is 11.6 Å². The van der Waals surface area contributed by atoms with Gasteiger partial charge in [-0.15, -0.1) is 0 Å². The number of carbonyl (C=O) groups is 2. The molecule has 1 heterocycles. The van der Waals surface area contributed by atoms with Gasteiger partial charge in [0.25, 0.3) is 0 Å². The molecule has 1 aliphatic heterocycles.